The molecule has 1 amide bonds. The van der Waals surface area contributed by atoms with Gasteiger partial charge in [0.25, 0.3) is 11.6 Å². The minimum absolute atomic E-state index is 0.0518. The molecule has 0 bridgehead atoms. The lowest BCUT2D eigenvalue weighted by Gasteiger charge is -2.12. The number of benzene rings is 1. The van der Waals surface area contributed by atoms with Crippen LogP contribution in [0.1, 0.15) is 36.0 Å². The molecular formula is C14H19N3O3. The van der Waals surface area contributed by atoms with E-state index < -0.39 is 4.92 Å². The normalized spacial score (nSPS) is 15.1. The third-order valence-corrected chi connectivity index (χ3v) is 3.74. The number of rotatable bonds is 5. The second-order valence-electron chi connectivity index (χ2n) is 5.10. The van der Waals surface area contributed by atoms with E-state index in [-0.39, 0.29) is 11.6 Å². The van der Waals surface area contributed by atoms with Crippen LogP contribution < -0.4 is 10.6 Å². The molecule has 6 heteroatoms. The summed E-state index contributed by atoms with van der Waals surface area (Å²) in [5, 5.41) is 16.7. The Balaban J connectivity index is 2.14. The van der Waals surface area contributed by atoms with E-state index in [9.17, 15) is 14.9 Å². The van der Waals surface area contributed by atoms with Crippen molar-refractivity contribution in [2.45, 2.75) is 25.7 Å². The van der Waals surface area contributed by atoms with E-state index in [1.165, 1.54) is 38.8 Å². The molecular weight excluding hydrogens is 258 g/mol. The Morgan fingerprint density at radius 2 is 2.10 bits per heavy atom. The number of anilines is 1. The summed E-state index contributed by atoms with van der Waals surface area (Å²) in [6, 6.07) is 4.52. The topological polar surface area (TPSA) is 84.3 Å². The van der Waals surface area contributed by atoms with Gasteiger partial charge in [0, 0.05) is 25.2 Å². The number of nitro benzene ring substituents is 1. The zero-order valence-corrected chi connectivity index (χ0v) is 11.5. The molecule has 2 N–H and O–H groups in total. The first kappa shape index (κ1) is 14.3. The third kappa shape index (κ3) is 3.26. The highest BCUT2D eigenvalue weighted by atomic mass is 16.6. The minimum atomic E-state index is -0.455. The smallest absolute Gasteiger partial charge is 0.293 e. The molecule has 1 aliphatic rings. The van der Waals surface area contributed by atoms with E-state index in [2.05, 4.69) is 10.6 Å². The van der Waals surface area contributed by atoms with Crippen LogP contribution in [-0.4, -0.2) is 24.4 Å². The van der Waals surface area contributed by atoms with Crippen molar-refractivity contribution in [3.8, 4) is 0 Å². The lowest BCUT2D eigenvalue weighted by molar-refractivity contribution is -0.384. The van der Waals surface area contributed by atoms with Gasteiger partial charge in [0.15, 0.2) is 0 Å². The van der Waals surface area contributed by atoms with Crippen molar-refractivity contribution in [3.63, 3.8) is 0 Å². The number of hydrogen-bond donors (Lipinski definition) is 2. The maximum absolute atomic E-state index is 11.5. The lowest BCUT2D eigenvalue weighted by atomic mass is 10.1. The zero-order valence-electron chi connectivity index (χ0n) is 11.5. The first-order valence-corrected chi connectivity index (χ1v) is 6.86. The standard InChI is InChI=1S/C14H19N3O3/c1-15-14(18)11-6-7-12(13(8-11)17(19)20)16-9-10-4-2-3-5-10/h6-8,10,16H,2-5,9H2,1H3,(H,15,18). The number of nitrogens with one attached hydrogen (secondary N) is 2. The molecule has 0 spiro atoms. The Hall–Kier alpha value is -2.11. The Bertz CT molecular complexity index is 510. The van der Waals surface area contributed by atoms with Gasteiger partial charge >= 0.3 is 0 Å². The molecule has 1 aromatic carbocycles. The highest BCUT2D eigenvalue weighted by Crippen LogP contribution is 2.29. The monoisotopic (exact) mass is 277 g/mol. The molecule has 20 heavy (non-hydrogen) atoms. The SMILES string of the molecule is CNC(=O)c1ccc(NCC2CCCC2)c([N+](=O)[O-])c1. The molecule has 0 aromatic heterocycles. The van der Waals surface area contributed by atoms with Crippen molar-refractivity contribution in [3.05, 3.63) is 33.9 Å². The number of nitro groups is 1. The lowest BCUT2D eigenvalue weighted by Crippen LogP contribution is -2.18. The first-order chi connectivity index (χ1) is 9.61. The van der Waals surface area contributed by atoms with Crippen molar-refractivity contribution in [2.24, 2.45) is 5.92 Å². The quantitative estimate of drug-likeness (QED) is 0.640. The molecule has 1 fully saturated rings. The van der Waals surface area contributed by atoms with Gasteiger partial charge < -0.3 is 10.6 Å². The van der Waals surface area contributed by atoms with Gasteiger partial charge in [-0.25, -0.2) is 0 Å². The Morgan fingerprint density at radius 1 is 1.40 bits per heavy atom. The molecule has 0 heterocycles. The van der Waals surface area contributed by atoms with E-state index in [1.807, 2.05) is 0 Å². The summed E-state index contributed by atoms with van der Waals surface area (Å²) in [5.41, 5.74) is 0.726. The van der Waals surface area contributed by atoms with Crippen LogP contribution in [0.15, 0.2) is 18.2 Å². The number of nitrogens with zero attached hydrogens (tertiary/aromatic N) is 1. The van der Waals surface area contributed by atoms with E-state index in [4.69, 9.17) is 0 Å². The van der Waals surface area contributed by atoms with Crippen LogP contribution >= 0.6 is 0 Å². The summed E-state index contributed by atoms with van der Waals surface area (Å²) in [6.45, 7) is 0.750. The summed E-state index contributed by atoms with van der Waals surface area (Å²) in [4.78, 5) is 22.2. The summed E-state index contributed by atoms with van der Waals surface area (Å²) >= 11 is 0. The molecule has 0 saturated heterocycles. The Morgan fingerprint density at radius 3 is 2.70 bits per heavy atom. The largest absolute Gasteiger partial charge is 0.379 e. The van der Waals surface area contributed by atoms with Gasteiger partial charge in [-0.3, -0.25) is 14.9 Å². The van der Waals surface area contributed by atoms with Crippen LogP contribution in [0.3, 0.4) is 0 Å². The van der Waals surface area contributed by atoms with Crippen LogP contribution in [-0.2, 0) is 0 Å². The Labute approximate surface area is 117 Å². The van der Waals surface area contributed by atoms with E-state index in [0.29, 0.717) is 17.2 Å². The fourth-order valence-electron chi connectivity index (χ4n) is 2.59. The van der Waals surface area contributed by atoms with Crippen LogP contribution in [0.5, 0.6) is 0 Å². The molecule has 6 nitrogen and oxygen atoms in total. The van der Waals surface area contributed by atoms with Gasteiger partial charge in [0.1, 0.15) is 5.69 Å². The fraction of sp³-hybridized carbons (Fsp3) is 0.500. The molecule has 2 rings (SSSR count). The second kappa shape index (κ2) is 6.36. The molecule has 0 aliphatic heterocycles. The van der Waals surface area contributed by atoms with Crippen LogP contribution in [0.2, 0.25) is 0 Å². The van der Waals surface area contributed by atoms with Crippen LogP contribution in [0.4, 0.5) is 11.4 Å². The molecule has 0 radical (unpaired) electrons. The molecule has 1 aliphatic carbocycles. The predicted molar refractivity (Wildman–Crippen MR) is 76.9 cm³/mol. The van der Waals surface area contributed by atoms with Crippen LogP contribution in [0, 0.1) is 16.0 Å². The van der Waals surface area contributed by atoms with Crippen molar-refractivity contribution in [1.82, 2.24) is 5.32 Å². The van der Waals surface area contributed by atoms with Gasteiger partial charge in [-0.2, -0.15) is 0 Å². The second-order valence-corrected chi connectivity index (χ2v) is 5.10. The van der Waals surface area contributed by atoms with Crippen molar-refractivity contribution < 1.29 is 9.72 Å². The maximum Gasteiger partial charge on any atom is 0.293 e. The van der Waals surface area contributed by atoms with Crippen molar-refractivity contribution >= 4 is 17.3 Å². The number of carbonyl (C=O) groups excluding carboxylic acids is 1. The first-order valence-electron chi connectivity index (χ1n) is 6.86. The minimum Gasteiger partial charge on any atom is -0.379 e. The van der Waals surface area contributed by atoms with Crippen molar-refractivity contribution in [1.29, 1.82) is 0 Å². The summed E-state index contributed by atoms with van der Waals surface area (Å²) in [6.07, 6.45) is 4.84. The third-order valence-electron chi connectivity index (χ3n) is 3.74. The van der Waals surface area contributed by atoms with Gasteiger partial charge in [0.05, 0.1) is 4.92 Å². The Kier molecular flexibility index (Phi) is 4.55. The molecule has 0 atom stereocenters. The highest BCUT2D eigenvalue weighted by molar-refractivity contribution is 5.95. The molecule has 0 unspecified atom stereocenters. The maximum atomic E-state index is 11.5. The number of hydrogen-bond acceptors (Lipinski definition) is 4. The van der Waals surface area contributed by atoms with Crippen molar-refractivity contribution in [2.75, 3.05) is 18.9 Å². The van der Waals surface area contributed by atoms with E-state index in [1.54, 1.807) is 12.1 Å². The van der Waals surface area contributed by atoms with E-state index in [0.717, 1.165) is 6.54 Å². The van der Waals surface area contributed by atoms with Gasteiger partial charge in [-0.15, -0.1) is 0 Å². The summed E-state index contributed by atoms with van der Waals surface area (Å²) in [5.74, 6) is 0.267. The number of amides is 1. The average Bonchev–Trinajstić information content (AvgIpc) is 2.97. The molecule has 108 valence electrons. The number of carbonyl (C=O) groups is 1. The summed E-state index contributed by atoms with van der Waals surface area (Å²) in [7, 11) is 1.50. The highest BCUT2D eigenvalue weighted by Gasteiger charge is 2.19. The van der Waals surface area contributed by atoms with Gasteiger partial charge in [0.2, 0.25) is 0 Å². The average molecular weight is 277 g/mol. The predicted octanol–water partition coefficient (Wildman–Crippen LogP) is 2.56. The molecule has 1 aromatic rings. The summed E-state index contributed by atoms with van der Waals surface area (Å²) < 4.78 is 0. The zero-order chi connectivity index (χ0) is 14.5. The van der Waals surface area contributed by atoms with E-state index >= 15 is 0 Å². The van der Waals surface area contributed by atoms with Gasteiger partial charge in [-0.1, -0.05) is 12.8 Å². The molecule has 1 saturated carbocycles. The van der Waals surface area contributed by atoms with Gasteiger partial charge in [-0.05, 0) is 30.9 Å². The fourth-order valence-corrected chi connectivity index (χ4v) is 2.59. The van der Waals surface area contributed by atoms with Crippen LogP contribution in [0.25, 0.3) is 0 Å².